The summed E-state index contributed by atoms with van der Waals surface area (Å²) in [6.07, 6.45) is 2.60. The largest absolute Gasteiger partial charge is 0.369 e. The minimum Gasteiger partial charge on any atom is -0.369 e. The van der Waals surface area contributed by atoms with Gasteiger partial charge < -0.3 is 4.90 Å². The van der Waals surface area contributed by atoms with Gasteiger partial charge in [-0.1, -0.05) is 28.1 Å². The van der Waals surface area contributed by atoms with Crippen LogP contribution in [0.5, 0.6) is 0 Å². The van der Waals surface area contributed by atoms with Crippen molar-refractivity contribution in [2.75, 3.05) is 43.0 Å². The summed E-state index contributed by atoms with van der Waals surface area (Å²) in [5, 5.41) is 1.14. The fourth-order valence-corrected chi connectivity index (χ4v) is 2.88. The second-order valence-corrected chi connectivity index (χ2v) is 5.86. The highest BCUT2D eigenvalue weighted by molar-refractivity contribution is 9.09. The molecule has 1 fully saturated rings. The lowest BCUT2D eigenvalue weighted by atomic mass is 10.2. The van der Waals surface area contributed by atoms with Crippen molar-refractivity contribution in [1.29, 1.82) is 0 Å². The Bertz CT molecular complexity index is 359. The third kappa shape index (κ3) is 3.99. The Hall–Kier alpha value is -0.540. The molecule has 2 rings (SSSR count). The number of hydrogen-bond donors (Lipinski definition) is 0. The molecule has 0 N–H and O–H groups in total. The maximum atomic E-state index is 3.49. The molecule has 0 unspecified atom stereocenters. The zero-order valence-corrected chi connectivity index (χ0v) is 12.8. The molecule has 2 nitrogen and oxygen atoms in total. The maximum absolute atomic E-state index is 3.49. The maximum Gasteiger partial charge on any atom is 0.0369 e. The third-order valence-corrected chi connectivity index (χ3v) is 4.16. The second kappa shape index (κ2) is 7.15. The lowest BCUT2D eigenvalue weighted by molar-refractivity contribution is 0.254. The van der Waals surface area contributed by atoms with E-state index in [1.54, 1.807) is 0 Å². The number of unbranched alkanes of at least 4 members (excludes halogenated alkanes) is 1. The predicted octanol–water partition coefficient (Wildman–Crippen LogP) is 3.29. The molecule has 18 heavy (non-hydrogen) atoms. The van der Waals surface area contributed by atoms with Crippen LogP contribution in [-0.2, 0) is 0 Å². The van der Waals surface area contributed by atoms with Crippen molar-refractivity contribution in [2.45, 2.75) is 19.8 Å². The number of benzene rings is 1. The number of nitrogens with zero attached hydrogens (tertiary/aromatic N) is 2. The number of halogens is 1. The topological polar surface area (TPSA) is 6.48 Å². The number of hydrogen-bond acceptors (Lipinski definition) is 2. The Morgan fingerprint density at radius 2 is 1.89 bits per heavy atom. The van der Waals surface area contributed by atoms with Gasteiger partial charge in [-0.05, 0) is 44.0 Å². The van der Waals surface area contributed by atoms with E-state index in [-0.39, 0.29) is 0 Å². The van der Waals surface area contributed by atoms with Crippen molar-refractivity contribution in [2.24, 2.45) is 0 Å². The molecule has 0 amide bonds. The van der Waals surface area contributed by atoms with Crippen LogP contribution in [0.15, 0.2) is 24.3 Å². The molecule has 0 spiro atoms. The number of aryl methyl sites for hydroxylation is 1. The molecular weight excluding hydrogens is 288 g/mol. The highest BCUT2D eigenvalue weighted by Gasteiger charge is 2.16. The Labute approximate surface area is 119 Å². The van der Waals surface area contributed by atoms with Crippen molar-refractivity contribution < 1.29 is 0 Å². The first-order valence-corrected chi connectivity index (χ1v) is 8.01. The Morgan fingerprint density at radius 1 is 1.11 bits per heavy atom. The minimum atomic E-state index is 1.14. The number of rotatable bonds is 5. The van der Waals surface area contributed by atoms with Gasteiger partial charge >= 0.3 is 0 Å². The van der Waals surface area contributed by atoms with Gasteiger partial charge in [0.15, 0.2) is 0 Å². The quantitative estimate of drug-likeness (QED) is 0.608. The average molecular weight is 311 g/mol. The predicted molar refractivity (Wildman–Crippen MR) is 82.9 cm³/mol. The summed E-state index contributed by atoms with van der Waals surface area (Å²) in [6.45, 7) is 8.16. The summed E-state index contributed by atoms with van der Waals surface area (Å²) in [6, 6.07) is 8.85. The minimum absolute atomic E-state index is 1.14. The monoisotopic (exact) mass is 310 g/mol. The van der Waals surface area contributed by atoms with Crippen LogP contribution in [0.4, 0.5) is 5.69 Å². The van der Waals surface area contributed by atoms with Crippen LogP contribution < -0.4 is 4.90 Å². The lowest BCUT2D eigenvalue weighted by Crippen LogP contribution is -2.46. The van der Waals surface area contributed by atoms with Gasteiger partial charge in [-0.15, -0.1) is 0 Å². The zero-order chi connectivity index (χ0) is 12.8. The van der Waals surface area contributed by atoms with Gasteiger partial charge in [0, 0.05) is 37.2 Å². The van der Waals surface area contributed by atoms with Crippen LogP contribution in [0.1, 0.15) is 18.4 Å². The van der Waals surface area contributed by atoms with E-state index in [2.05, 4.69) is 56.9 Å². The van der Waals surface area contributed by atoms with Crippen molar-refractivity contribution >= 4 is 21.6 Å². The van der Waals surface area contributed by atoms with Gasteiger partial charge in [0.1, 0.15) is 0 Å². The molecule has 1 saturated heterocycles. The van der Waals surface area contributed by atoms with E-state index in [1.165, 1.54) is 43.7 Å². The van der Waals surface area contributed by atoms with Crippen LogP contribution >= 0.6 is 15.9 Å². The van der Waals surface area contributed by atoms with Gasteiger partial charge in [0.05, 0.1) is 0 Å². The van der Waals surface area contributed by atoms with Crippen molar-refractivity contribution in [3.05, 3.63) is 29.8 Å². The van der Waals surface area contributed by atoms with E-state index < -0.39 is 0 Å². The van der Waals surface area contributed by atoms with Crippen LogP contribution in [0, 0.1) is 6.92 Å². The van der Waals surface area contributed by atoms with Gasteiger partial charge in [0.2, 0.25) is 0 Å². The highest BCUT2D eigenvalue weighted by atomic mass is 79.9. The summed E-state index contributed by atoms with van der Waals surface area (Å²) in [7, 11) is 0. The first-order valence-electron chi connectivity index (χ1n) is 6.89. The van der Waals surface area contributed by atoms with Gasteiger partial charge in [0.25, 0.3) is 0 Å². The second-order valence-electron chi connectivity index (χ2n) is 5.06. The molecule has 0 aromatic heterocycles. The van der Waals surface area contributed by atoms with E-state index in [0.29, 0.717) is 0 Å². The van der Waals surface area contributed by atoms with Gasteiger partial charge in [-0.3, -0.25) is 4.90 Å². The summed E-state index contributed by atoms with van der Waals surface area (Å²) in [5.41, 5.74) is 2.74. The molecule has 1 aliphatic heterocycles. The molecule has 1 aliphatic rings. The first kappa shape index (κ1) is 13.9. The van der Waals surface area contributed by atoms with E-state index in [9.17, 15) is 0 Å². The van der Waals surface area contributed by atoms with E-state index in [1.807, 2.05) is 0 Å². The third-order valence-electron chi connectivity index (χ3n) is 3.60. The molecular formula is C15H23BrN2. The number of alkyl halides is 1. The average Bonchev–Trinajstić information content (AvgIpc) is 2.40. The fraction of sp³-hybridized carbons (Fsp3) is 0.600. The van der Waals surface area contributed by atoms with Crippen molar-refractivity contribution in [3.63, 3.8) is 0 Å². The lowest BCUT2D eigenvalue weighted by Gasteiger charge is -2.36. The normalized spacial score (nSPS) is 17.1. The molecule has 1 aromatic rings. The van der Waals surface area contributed by atoms with Crippen LogP contribution in [0.3, 0.4) is 0 Å². The van der Waals surface area contributed by atoms with Crippen LogP contribution in [-0.4, -0.2) is 43.0 Å². The van der Waals surface area contributed by atoms with E-state index >= 15 is 0 Å². The Morgan fingerprint density at radius 3 is 2.56 bits per heavy atom. The Balaban J connectivity index is 1.79. The molecule has 3 heteroatoms. The molecule has 0 radical (unpaired) electrons. The van der Waals surface area contributed by atoms with Crippen LogP contribution in [0.25, 0.3) is 0 Å². The highest BCUT2D eigenvalue weighted by Crippen LogP contribution is 2.17. The van der Waals surface area contributed by atoms with Gasteiger partial charge in [-0.25, -0.2) is 0 Å². The smallest absolute Gasteiger partial charge is 0.0369 e. The standard InChI is InChI=1S/C15H23BrN2/c1-14-5-4-6-15(13-14)18-11-9-17(10-12-18)8-3-2-7-16/h4-6,13H,2-3,7-12H2,1H3. The fourth-order valence-electron chi connectivity index (χ4n) is 2.48. The molecule has 0 saturated carbocycles. The molecule has 0 atom stereocenters. The number of piperazine rings is 1. The summed E-state index contributed by atoms with van der Waals surface area (Å²) in [5.74, 6) is 0. The molecule has 0 aliphatic carbocycles. The summed E-state index contributed by atoms with van der Waals surface area (Å²) in [4.78, 5) is 5.10. The molecule has 1 heterocycles. The first-order chi connectivity index (χ1) is 8.79. The zero-order valence-electron chi connectivity index (χ0n) is 11.2. The molecule has 100 valence electrons. The van der Waals surface area contributed by atoms with Crippen molar-refractivity contribution in [3.8, 4) is 0 Å². The summed E-state index contributed by atoms with van der Waals surface area (Å²) >= 11 is 3.49. The van der Waals surface area contributed by atoms with E-state index in [0.717, 1.165) is 18.4 Å². The Kier molecular flexibility index (Phi) is 5.51. The van der Waals surface area contributed by atoms with Gasteiger partial charge in [-0.2, -0.15) is 0 Å². The molecule has 0 bridgehead atoms. The number of anilines is 1. The van der Waals surface area contributed by atoms with Crippen LogP contribution in [0.2, 0.25) is 0 Å². The van der Waals surface area contributed by atoms with Crippen molar-refractivity contribution in [1.82, 2.24) is 4.90 Å². The van der Waals surface area contributed by atoms with E-state index in [4.69, 9.17) is 0 Å². The summed E-state index contributed by atoms with van der Waals surface area (Å²) < 4.78 is 0. The molecule has 1 aromatic carbocycles. The SMILES string of the molecule is Cc1cccc(N2CCN(CCCCBr)CC2)c1.